The third-order valence-corrected chi connectivity index (χ3v) is 5.65. The summed E-state index contributed by atoms with van der Waals surface area (Å²) in [6.07, 6.45) is 0.944. The van der Waals surface area contributed by atoms with Crippen molar-refractivity contribution in [1.29, 1.82) is 0 Å². The van der Waals surface area contributed by atoms with Crippen molar-refractivity contribution in [3.63, 3.8) is 0 Å². The Morgan fingerprint density at radius 2 is 1.42 bits per heavy atom. The van der Waals surface area contributed by atoms with E-state index in [1.165, 1.54) is 31.4 Å². The lowest BCUT2D eigenvalue weighted by Gasteiger charge is -2.22. The molecule has 0 fully saturated rings. The third kappa shape index (κ3) is 7.28. The van der Waals surface area contributed by atoms with Crippen molar-refractivity contribution in [2.75, 3.05) is 0 Å². The minimum Gasteiger partial charge on any atom is -0.486 e. The normalized spacial score (nSPS) is 12.4. The lowest BCUT2D eigenvalue weighted by atomic mass is 9.95. The standard InChI is InChI=1S/C28H31F3O2/c1-4-5-6-10-13-26(22-11-8-7-9-12-22)32-25-18-20(2)27(21(3)19-25)23-14-16-24(17-15-23)33-28(29,30)31/h7-9,11-12,14-19,26H,4-6,10,13H2,1-3H3. The van der Waals surface area contributed by atoms with Crippen molar-refractivity contribution in [1.82, 2.24) is 0 Å². The molecule has 1 atom stereocenters. The lowest BCUT2D eigenvalue weighted by Crippen LogP contribution is -2.16. The van der Waals surface area contributed by atoms with E-state index in [2.05, 4.69) is 23.8 Å². The topological polar surface area (TPSA) is 18.5 Å². The van der Waals surface area contributed by atoms with Crippen LogP contribution in [-0.2, 0) is 0 Å². The van der Waals surface area contributed by atoms with E-state index in [0.29, 0.717) is 0 Å². The fourth-order valence-electron chi connectivity index (χ4n) is 4.15. The van der Waals surface area contributed by atoms with E-state index in [-0.39, 0.29) is 11.9 Å². The van der Waals surface area contributed by atoms with Crippen LogP contribution in [-0.4, -0.2) is 6.36 Å². The minimum absolute atomic E-state index is 0.0218. The van der Waals surface area contributed by atoms with Crippen LogP contribution in [0.4, 0.5) is 13.2 Å². The molecule has 0 bridgehead atoms. The minimum atomic E-state index is -4.70. The van der Waals surface area contributed by atoms with Gasteiger partial charge < -0.3 is 9.47 Å². The van der Waals surface area contributed by atoms with E-state index < -0.39 is 6.36 Å². The molecule has 0 N–H and O–H groups in total. The molecule has 0 heterocycles. The number of benzene rings is 3. The molecule has 0 aromatic heterocycles. The zero-order chi connectivity index (χ0) is 23.8. The number of alkyl halides is 3. The van der Waals surface area contributed by atoms with Gasteiger partial charge in [0.05, 0.1) is 0 Å². The Morgan fingerprint density at radius 3 is 2.00 bits per heavy atom. The third-order valence-electron chi connectivity index (χ3n) is 5.65. The second-order valence-corrected chi connectivity index (χ2v) is 8.37. The largest absolute Gasteiger partial charge is 0.573 e. The van der Waals surface area contributed by atoms with Crippen molar-refractivity contribution in [3.8, 4) is 22.6 Å². The van der Waals surface area contributed by atoms with Crippen LogP contribution >= 0.6 is 0 Å². The maximum Gasteiger partial charge on any atom is 0.573 e. The number of aryl methyl sites for hydroxylation is 2. The molecule has 0 saturated carbocycles. The van der Waals surface area contributed by atoms with Crippen LogP contribution in [0.25, 0.3) is 11.1 Å². The molecule has 3 rings (SSSR count). The zero-order valence-corrected chi connectivity index (χ0v) is 19.4. The molecule has 0 aliphatic rings. The van der Waals surface area contributed by atoms with Gasteiger partial charge in [-0.25, -0.2) is 0 Å². The molecule has 0 spiro atoms. The van der Waals surface area contributed by atoms with Gasteiger partial charge >= 0.3 is 6.36 Å². The van der Waals surface area contributed by atoms with E-state index in [1.807, 2.05) is 44.2 Å². The predicted molar refractivity (Wildman–Crippen MR) is 127 cm³/mol. The van der Waals surface area contributed by atoms with Crippen LogP contribution in [0.3, 0.4) is 0 Å². The Bertz CT molecular complexity index is 989. The van der Waals surface area contributed by atoms with Gasteiger partial charge in [0.1, 0.15) is 17.6 Å². The summed E-state index contributed by atoms with van der Waals surface area (Å²) < 4.78 is 47.8. The van der Waals surface area contributed by atoms with Crippen LogP contribution in [0.1, 0.15) is 61.8 Å². The smallest absolute Gasteiger partial charge is 0.486 e. The summed E-state index contributed by atoms with van der Waals surface area (Å²) in [5.74, 6) is 0.574. The van der Waals surface area contributed by atoms with Gasteiger partial charge in [-0.15, -0.1) is 13.2 Å². The highest BCUT2D eigenvalue weighted by molar-refractivity contribution is 5.72. The van der Waals surface area contributed by atoms with E-state index in [9.17, 15) is 13.2 Å². The Labute approximate surface area is 194 Å². The molecule has 3 aromatic rings. The molecule has 33 heavy (non-hydrogen) atoms. The lowest BCUT2D eigenvalue weighted by molar-refractivity contribution is -0.274. The van der Waals surface area contributed by atoms with E-state index in [0.717, 1.165) is 46.4 Å². The molecule has 2 nitrogen and oxygen atoms in total. The first-order valence-electron chi connectivity index (χ1n) is 11.5. The van der Waals surface area contributed by atoms with Crippen LogP contribution < -0.4 is 9.47 Å². The van der Waals surface area contributed by atoms with Gasteiger partial charge in [0.25, 0.3) is 0 Å². The molecule has 0 aliphatic carbocycles. The fourth-order valence-corrected chi connectivity index (χ4v) is 4.15. The summed E-state index contributed by atoms with van der Waals surface area (Å²) >= 11 is 0. The Morgan fingerprint density at radius 1 is 0.788 bits per heavy atom. The SMILES string of the molecule is CCCCCCC(Oc1cc(C)c(-c2ccc(OC(F)(F)F)cc2)c(C)c1)c1ccccc1. The van der Waals surface area contributed by atoms with Gasteiger partial charge in [-0.05, 0) is 78.8 Å². The highest BCUT2D eigenvalue weighted by Gasteiger charge is 2.31. The molecule has 0 aliphatic heterocycles. The van der Waals surface area contributed by atoms with Gasteiger partial charge in [-0.2, -0.15) is 0 Å². The number of halogens is 3. The van der Waals surface area contributed by atoms with Gasteiger partial charge in [0.2, 0.25) is 0 Å². The number of rotatable bonds is 10. The summed E-state index contributed by atoms with van der Waals surface area (Å²) in [5, 5.41) is 0. The van der Waals surface area contributed by atoms with Crippen LogP contribution in [0, 0.1) is 13.8 Å². The highest BCUT2D eigenvalue weighted by atomic mass is 19.4. The van der Waals surface area contributed by atoms with Crippen molar-refractivity contribution in [2.24, 2.45) is 0 Å². The fraction of sp³-hybridized carbons (Fsp3) is 0.357. The number of ether oxygens (including phenoxy) is 2. The van der Waals surface area contributed by atoms with Crippen LogP contribution in [0.15, 0.2) is 66.7 Å². The van der Waals surface area contributed by atoms with E-state index in [1.54, 1.807) is 12.1 Å². The second kappa shape index (κ2) is 11.3. The van der Waals surface area contributed by atoms with Gasteiger partial charge in [0.15, 0.2) is 0 Å². The summed E-state index contributed by atoms with van der Waals surface area (Å²) in [5.41, 5.74) is 5.00. The summed E-state index contributed by atoms with van der Waals surface area (Å²) in [6, 6.07) is 20.3. The van der Waals surface area contributed by atoms with E-state index in [4.69, 9.17) is 4.74 Å². The summed E-state index contributed by atoms with van der Waals surface area (Å²) in [7, 11) is 0. The van der Waals surface area contributed by atoms with Crippen molar-refractivity contribution >= 4 is 0 Å². The molecule has 3 aromatic carbocycles. The van der Waals surface area contributed by atoms with Crippen molar-refractivity contribution in [3.05, 3.63) is 83.4 Å². The quantitative estimate of drug-likeness (QED) is 0.283. The van der Waals surface area contributed by atoms with Gasteiger partial charge in [-0.1, -0.05) is 68.7 Å². The van der Waals surface area contributed by atoms with Crippen LogP contribution in [0.5, 0.6) is 11.5 Å². The van der Waals surface area contributed by atoms with Crippen molar-refractivity contribution in [2.45, 2.75) is 65.3 Å². The maximum absolute atomic E-state index is 12.4. The van der Waals surface area contributed by atoms with Gasteiger partial charge in [-0.3, -0.25) is 0 Å². The Balaban J connectivity index is 1.80. The molecule has 5 heteroatoms. The predicted octanol–water partition coefficient (Wildman–Crippen LogP) is 8.96. The monoisotopic (exact) mass is 456 g/mol. The number of hydrogen-bond acceptors (Lipinski definition) is 2. The first-order chi connectivity index (χ1) is 15.8. The highest BCUT2D eigenvalue weighted by Crippen LogP contribution is 2.35. The molecular formula is C28H31F3O2. The summed E-state index contributed by atoms with van der Waals surface area (Å²) in [6.45, 7) is 6.19. The number of hydrogen-bond donors (Lipinski definition) is 0. The maximum atomic E-state index is 12.4. The first kappa shape index (κ1) is 24.7. The molecule has 0 radical (unpaired) electrons. The van der Waals surface area contributed by atoms with E-state index >= 15 is 0 Å². The molecule has 0 amide bonds. The van der Waals surface area contributed by atoms with Gasteiger partial charge in [0, 0.05) is 0 Å². The van der Waals surface area contributed by atoms with Crippen molar-refractivity contribution < 1.29 is 22.6 Å². The Hall–Kier alpha value is -2.95. The zero-order valence-electron chi connectivity index (χ0n) is 19.4. The number of unbranched alkanes of at least 4 members (excludes halogenated alkanes) is 3. The first-order valence-corrected chi connectivity index (χ1v) is 11.5. The second-order valence-electron chi connectivity index (χ2n) is 8.37. The average Bonchev–Trinajstić information content (AvgIpc) is 2.76. The molecule has 1 unspecified atom stereocenters. The molecule has 176 valence electrons. The summed E-state index contributed by atoms with van der Waals surface area (Å²) in [4.78, 5) is 0. The van der Waals surface area contributed by atoms with Crippen LogP contribution in [0.2, 0.25) is 0 Å². The average molecular weight is 457 g/mol. The Kier molecular flexibility index (Phi) is 8.43. The molecular weight excluding hydrogens is 425 g/mol. The molecule has 0 saturated heterocycles.